The first-order valence-corrected chi connectivity index (χ1v) is 7.23. The summed E-state index contributed by atoms with van der Waals surface area (Å²) in [7, 11) is 0. The lowest BCUT2D eigenvalue weighted by molar-refractivity contribution is -0.127. The highest BCUT2D eigenvalue weighted by atomic mass is 35.5. The largest absolute Gasteiger partial charge is 0.387 e. The predicted molar refractivity (Wildman–Crippen MR) is 77.4 cm³/mol. The Labute approximate surface area is 125 Å². The molecule has 0 radical (unpaired) electrons. The lowest BCUT2D eigenvalue weighted by Crippen LogP contribution is -2.23. The minimum atomic E-state index is -0.260. The van der Waals surface area contributed by atoms with E-state index in [9.17, 15) is 4.39 Å². The van der Waals surface area contributed by atoms with Crippen molar-refractivity contribution in [1.29, 1.82) is 0 Å². The topological polar surface area (TPSA) is 38.5 Å². The number of hydroxylamine groups is 2. The first-order valence-electron chi connectivity index (χ1n) is 6.04. The van der Waals surface area contributed by atoms with Crippen molar-refractivity contribution in [1.82, 2.24) is 5.06 Å². The van der Waals surface area contributed by atoms with Crippen molar-refractivity contribution in [2.75, 3.05) is 0 Å². The molecular weight excluding hydrogens is 299 g/mol. The van der Waals surface area contributed by atoms with Crippen LogP contribution in [0.2, 0.25) is 4.34 Å². The molecule has 0 bridgehead atoms. The van der Waals surface area contributed by atoms with Crippen LogP contribution in [0.5, 0.6) is 0 Å². The molecule has 0 saturated heterocycles. The molecule has 1 atom stereocenters. The number of rotatable bonds is 3. The second-order valence-corrected chi connectivity index (χ2v) is 6.16. The quantitative estimate of drug-likeness (QED) is 0.936. The average molecular weight is 311 g/mol. The van der Waals surface area contributed by atoms with Gasteiger partial charge in [-0.2, -0.15) is 0 Å². The zero-order valence-corrected chi connectivity index (χ0v) is 12.0. The fourth-order valence-electron chi connectivity index (χ4n) is 2.10. The van der Waals surface area contributed by atoms with E-state index in [-0.39, 0.29) is 11.9 Å². The average Bonchev–Trinajstić information content (AvgIpc) is 2.98. The van der Waals surface area contributed by atoms with Crippen LogP contribution in [0.1, 0.15) is 16.5 Å². The Kier molecular flexibility index (Phi) is 3.65. The summed E-state index contributed by atoms with van der Waals surface area (Å²) < 4.78 is 14.4. The fraction of sp³-hybridized carbons (Fsp3) is 0.143. The standard InChI is InChI=1S/C14H12ClFN2OS/c15-13-6-5-12(20-13)11-7-14(17)19-18(11)8-9-3-1-2-4-10(9)16/h1-7,11H,8,17H2. The zero-order chi connectivity index (χ0) is 14.1. The zero-order valence-electron chi connectivity index (χ0n) is 10.4. The first-order chi connectivity index (χ1) is 9.63. The van der Waals surface area contributed by atoms with Crippen LogP contribution in [0.3, 0.4) is 0 Å². The molecule has 3 rings (SSSR count). The highest BCUT2D eigenvalue weighted by Gasteiger charge is 2.29. The predicted octanol–water partition coefficient (Wildman–Crippen LogP) is 3.83. The minimum Gasteiger partial charge on any atom is -0.387 e. The molecule has 1 aliphatic rings. The lowest BCUT2D eigenvalue weighted by atomic mass is 10.1. The van der Waals surface area contributed by atoms with E-state index in [2.05, 4.69) is 0 Å². The number of thiophene rings is 1. The summed E-state index contributed by atoms with van der Waals surface area (Å²) in [6.45, 7) is 0.310. The summed E-state index contributed by atoms with van der Waals surface area (Å²) in [5, 5.41) is 1.65. The number of nitrogens with zero attached hydrogens (tertiary/aromatic N) is 1. The molecule has 1 aromatic carbocycles. The van der Waals surface area contributed by atoms with Gasteiger partial charge in [-0.15, -0.1) is 16.4 Å². The molecule has 0 amide bonds. The molecule has 1 unspecified atom stereocenters. The van der Waals surface area contributed by atoms with Crippen molar-refractivity contribution in [3.8, 4) is 0 Å². The van der Waals surface area contributed by atoms with Crippen LogP contribution >= 0.6 is 22.9 Å². The van der Waals surface area contributed by atoms with E-state index in [0.29, 0.717) is 22.3 Å². The van der Waals surface area contributed by atoms with Gasteiger partial charge >= 0.3 is 0 Å². The summed E-state index contributed by atoms with van der Waals surface area (Å²) in [5.74, 6) is 0.0559. The van der Waals surface area contributed by atoms with Crippen LogP contribution in [-0.2, 0) is 11.4 Å². The van der Waals surface area contributed by atoms with Crippen LogP contribution in [0.25, 0.3) is 0 Å². The number of benzene rings is 1. The molecule has 6 heteroatoms. The second-order valence-electron chi connectivity index (χ2n) is 4.41. The van der Waals surface area contributed by atoms with Crippen molar-refractivity contribution in [3.63, 3.8) is 0 Å². The monoisotopic (exact) mass is 310 g/mol. The van der Waals surface area contributed by atoms with Crippen molar-refractivity contribution in [3.05, 3.63) is 69.0 Å². The molecule has 1 aromatic heterocycles. The third kappa shape index (κ3) is 2.65. The summed E-state index contributed by atoms with van der Waals surface area (Å²) in [4.78, 5) is 6.47. The van der Waals surface area contributed by atoms with Gasteiger partial charge in [-0.3, -0.25) is 0 Å². The Morgan fingerprint density at radius 2 is 2.10 bits per heavy atom. The van der Waals surface area contributed by atoms with Gasteiger partial charge in [0.05, 0.1) is 10.9 Å². The number of nitrogens with two attached hydrogens (primary N) is 1. The third-order valence-electron chi connectivity index (χ3n) is 3.02. The van der Waals surface area contributed by atoms with Gasteiger partial charge in [0.25, 0.3) is 0 Å². The fourth-order valence-corrected chi connectivity index (χ4v) is 3.23. The SMILES string of the molecule is NC1=CC(c2ccc(Cl)s2)N(Cc2ccccc2F)O1. The van der Waals surface area contributed by atoms with Gasteiger partial charge in [0.15, 0.2) is 0 Å². The maximum absolute atomic E-state index is 13.7. The van der Waals surface area contributed by atoms with E-state index in [0.717, 1.165) is 4.88 Å². The number of hydrogen-bond donors (Lipinski definition) is 1. The van der Waals surface area contributed by atoms with Gasteiger partial charge in [0.1, 0.15) is 11.9 Å². The van der Waals surface area contributed by atoms with E-state index in [4.69, 9.17) is 22.2 Å². The Balaban J connectivity index is 1.84. The molecule has 3 nitrogen and oxygen atoms in total. The minimum absolute atomic E-state index is 0.146. The number of halogens is 2. The Morgan fingerprint density at radius 1 is 1.30 bits per heavy atom. The van der Waals surface area contributed by atoms with Gasteiger partial charge in [-0.1, -0.05) is 29.8 Å². The van der Waals surface area contributed by atoms with E-state index in [1.807, 2.05) is 12.1 Å². The van der Waals surface area contributed by atoms with Crippen molar-refractivity contribution >= 4 is 22.9 Å². The van der Waals surface area contributed by atoms with Crippen molar-refractivity contribution < 1.29 is 9.23 Å². The Morgan fingerprint density at radius 3 is 2.80 bits per heavy atom. The molecular formula is C14H12ClFN2OS. The van der Waals surface area contributed by atoms with Gasteiger partial charge < -0.3 is 10.6 Å². The molecule has 2 aromatic rings. The first kappa shape index (κ1) is 13.4. The molecule has 0 fully saturated rings. The maximum Gasteiger partial charge on any atom is 0.207 e. The van der Waals surface area contributed by atoms with E-state index >= 15 is 0 Å². The molecule has 1 aliphatic heterocycles. The molecule has 2 heterocycles. The summed E-state index contributed by atoms with van der Waals surface area (Å²) in [5.41, 5.74) is 6.29. The smallest absolute Gasteiger partial charge is 0.207 e. The van der Waals surface area contributed by atoms with Crippen LogP contribution < -0.4 is 5.73 Å². The van der Waals surface area contributed by atoms with Gasteiger partial charge in [-0.05, 0) is 18.2 Å². The van der Waals surface area contributed by atoms with Gasteiger partial charge in [0.2, 0.25) is 5.88 Å². The Hall–Kier alpha value is -1.56. The van der Waals surface area contributed by atoms with Crippen molar-refractivity contribution in [2.24, 2.45) is 5.73 Å². The van der Waals surface area contributed by atoms with Gasteiger partial charge in [0, 0.05) is 16.5 Å². The molecule has 20 heavy (non-hydrogen) atoms. The molecule has 2 N–H and O–H groups in total. The Bertz CT molecular complexity index is 658. The third-order valence-corrected chi connectivity index (χ3v) is 4.33. The van der Waals surface area contributed by atoms with Crippen LogP contribution in [0.4, 0.5) is 4.39 Å². The van der Waals surface area contributed by atoms with Crippen molar-refractivity contribution in [2.45, 2.75) is 12.6 Å². The molecule has 0 aliphatic carbocycles. The second kappa shape index (κ2) is 5.44. The lowest BCUT2D eigenvalue weighted by Gasteiger charge is -2.22. The highest BCUT2D eigenvalue weighted by molar-refractivity contribution is 7.16. The van der Waals surface area contributed by atoms with Crippen LogP contribution in [-0.4, -0.2) is 5.06 Å². The van der Waals surface area contributed by atoms with Crippen LogP contribution in [0.15, 0.2) is 48.4 Å². The molecule has 104 valence electrons. The van der Waals surface area contributed by atoms with E-state index in [1.54, 1.807) is 29.3 Å². The summed E-state index contributed by atoms with van der Waals surface area (Å²) in [6.07, 6.45) is 1.79. The molecule has 0 saturated carbocycles. The normalized spacial score (nSPS) is 18.9. The highest BCUT2D eigenvalue weighted by Crippen LogP contribution is 2.36. The van der Waals surface area contributed by atoms with Gasteiger partial charge in [-0.25, -0.2) is 4.39 Å². The maximum atomic E-state index is 13.7. The number of hydrogen-bond acceptors (Lipinski definition) is 4. The molecule has 0 spiro atoms. The summed E-state index contributed by atoms with van der Waals surface area (Å²) in [6, 6.07) is 10.2. The van der Waals surface area contributed by atoms with Crippen LogP contribution in [0, 0.1) is 5.82 Å². The van der Waals surface area contributed by atoms with E-state index < -0.39 is 0 Å². The summed E-state index contributed by atoms with van der Waals surface area (Å²) >= 11 is 7.41. The van der Waals surface area contributed by atoms with E-state index in [1.165, 1.54) is 17.4 Å².